The highest BCUT2D eigenvalue weighted by Gasteiger charge is 2.27. The molecule has 2 aromatic carbocycles. The largest absolute Gasteiger partial charge is 0.452 e. The van der Waals surface area contributed by atoms with Gasteiger partial charge in [0.15, 0.2) is 6.10 Å². The lowest BCUT2D eigenvalue weighted by atomic mass is 10.1. The summed E-state index contributed by atoms with van der Waals surface area (Å²) >= 11 is 7.64. The SMILES string of the molecule is C[C@@H](OC(=O)CSc1cccc2cccc(Cl)c12)C(=O)NC1CC1. The minimum absolute atomic E-state index is 0.130. The monoisotopic (exact) mass is 363 g/mol. The number of carbonyl (C=O) groups is 2. The smallest absolute Gasteiger partial charge is 0.317 e. The van der Waals surface area contributed by atoms with Crippen LogP contribution >= 0.6 is 23.4 Å². The topological polar surface area (TPSA) is 55.4 Å². The molecule has 3 rings (SSSR count). The van der Waals surface area contributed by atoms with Gasteiger partial charge in [-0.1, -0.05) is 35.9 Å². The van der Waals surface area contributed by atoms with E-state index in [-0.39, 0.29) is 17.7 Å². The van der Waals surface area contributed by atoms with Gasteiger partial charge in [-0.25, -0.2) is 0 Å². The number of hydrogen-bond donors (Lipinski definition) is 1. The number of hydrogen-bond acceptors (Lipinski definition) is 4. The highest BCUT2D eigenvalue weighted by atomic mass is 35.5. The van der Waals surface area contributed by atoms with Crippen LogP contribution in [0.2, 0.25) is 5.02 Å². The molecule has 126 valence electrons. The highest BCUT2D eigenvalue weighted by molar-refractivity contribution is 8.00. The van der Waals surface area contributed by atoms with Crippen molar-refractivity contribution < 1.29 is 14.3 Å². The fourth-order valence-corrected chi connectivity index (χ4v) is 3.58. The fourth-order valence-electron chi connectivity index (χ4n) is 2.35. The van der Waals surface area contributed by atoms with Gasteiger partial charge in [0.25, 0.3) is 5.91 Å². The van der Waals surface area contributed by atoms with Crippen LogP contribution in [0.15, 0.2) is 41.3 Å². The third kappa shape index (κ3) is 4.22. The van der Waals surface area contributed by atoms with E-state index in [2.05, 4.69) is 5.32 Å². The molecular weight excluding hydrogens is 346 g/mol. The van der Waals surface area contributed by atoms with Crippen LogP contribution in [0, 0.1) is 0 Å². The first-order valence-electron chi connectivity index (χ1n) is 7.84. The molecule has 0 aliphatic heterocycles. The molecule has 6 heteroatoms. The minimum atomic E-state index is -0.769. The Labute approximate surface area is 149 Å². The van der Waals surface area contributed by atoms with Crippen LogP contribution in [-0.4, -0.2) is 29.8 Å². The molecule has 2 aromatic rings. The molecule has 0 spiro atoms. The van der Waals surface area contributed by atoms with Crippen molar-refractivity contribution in [3.05, 3.63) is 41.4 Å². The van der Waals surface area contributed by atoms with E-state index in [1.165, 1.54) is 11.8 Å². The summed E-state index contributed by atoms with van der Waals surface area (Å²) in [6, 6.07) is 11.8. The zero-order chi connectivity index (χ0) is 17.1. The summed E-state index contributed by atoms with van der Waals surface area (Å²) in [5, 5.41) is 5.43. The number of esters is 1. The molecule has 1 fully saturated rings. The van der Waals surface area contributed by atoms with E-state index in [0.717, 1.165) is 28.5 Å². The van der Waals surface area contributed by atoms with Crippen molar-refractivity contribution in [2.75, 3.05) is 5.75 Å². The first-order chi connectivity index (χ1) is 11.5. The number of ether oxygens (including phenoxy) is 1. The van der Waals surface area contributed by atoms with Gasteiger partial charge in [0.05, 0.1) is 5.75 Å². The number of nitrogens with one attached hydrogen (secondary N) is 1. The van der Waals surface area contributed by atoms with Crippen LogP contribution in [0.25, 0.3) is 10.8 Å². The zero-order valence-electron chi connectivity index (χ0n) is 13.3. The summed E-state index contributed by atoms with van der Waals surface area (Å²) in [6.07, 6.45) is 1.24. The van der Waals surface area contributed by atoms with Crippen molar-refractivity contribution in [1.82, 2.24) is 5.32 Å². The molecule has 4 nitrogen and oxygen atoms in total. The van der Waals surface area contributed by atoms with Crippen molar-refractivity contribution in [3.8, 4) is 0 Å². The molecule has 1 aliphatic carbocycles. The number of benzene rings is 2. The average Bonchev–Trinajstić information content (AvgIpc) is 3.37. The normalized spacial score (nSPS) is 15.1. The second kappa shape index (κ2) is 7.45. The Bertz CT molecular complexity index is 771. The van der Waals surface area contributed by atoms with E-state index in [1.54, 1.807) is 6.92 Å². The molecule has 0 heterocycles. The van der Waals surface area contributed by atoms with Crippen LogP contribution < -0.4 is 5.32 Å². The molecule has 0 unspecified atom stereocenters. The molecule has 1 atom stereocenters. The van der Waals surface area contributed by atoms with Crippen LogP contribution in [-0.2, 0) is 14.3 Å². The molecule has 24 heavy (non-hydrogen) atoms. The maximum Gasteiger partial charge on any atom is 0.317 e. The molecule has 0 bridgehead atoms. The van der Waals surface area contributed by atoms with E-state index >= 15 is 0 Å². The first-order valence-corrected chi connectivity index (χ1v) is 9.21. The van der Waals surface area contributed by atoms with Crippen molar-refractivity contribution in [2.45, 2.75) is 36.8 Å². The lowest BCUT2D eigenvalue weighted by Gasteiger charge is -2.13. The summed E-state index contributed by atoms with van der Waals surface area (Å²) in [4.78, 5) is 24.7. The standard InChI is InChI=1S/C18H18ClNO3S/c1-11(18(22)20-13-8-9-13)23-16(21)10-24-15-7-3-5-12-4-2-6-14(19)17(12)15/h2-7,11,13H,8-10H2,1H3,(H,20,22)/t11-/m1/s1. The van der Waals surface area contributed by atoms with Gasteiger partial charge in [-0.3, -0.25) is 9.59 Å². The second-order valence-corrected chi connectivity index (χ2v) is 7.22. The van der Waals surface area contributed by atoms with Gasteiger partial charge >= 0.3 is 5.97 Å². The van der Waals surface area contributed by atoms with Gasteiger partial charge in [0, 0.05) is 21.3 Å². The van der Waals surface area contributed by atoms with Crippen molar-refractivity contribution in [2.24, 2.45) is 0 Å². The van der Waals surface area contributed by atoms with Crippen LogP contribution in [0.5, 0.6) is 0 Å². The number of fused-ring (bicyclic) bond motifs is 1. The molecule has 0 aromatic heterocycles. The van der Waals surface area contributed by atoms with Gasteiger partial charge < -0.3 is 10.1 Å². The summed E-state index contributed by atoms with van der Waals surface area (Å²) in [5.74, 6) is -0.516. The van der Waals surface area contributed by atoms with E-state index in [9.17, 15) is 9.59 Å². The van der Waals surface area contributed by atoms with E-state index in [4.69, 9.17) is 16.3 Å². The molecular formula is C18H18ClNO3S. The maximum atomic E-state index is 12.0. The van der Waals surface area contributed by atoms with E-state index in [0.29, 0.717) is 5.02 Å². The molecule has 1 saturated carbocycles. The number of halogens is 1. The third-order valence-corrected chi connectivity index (χ3v) is 5.11. The Balaban J connectivity index is 1.59. The van der Waals surface area contributed by atoms with Crippen molar-refractivity contribution in [3.63, 3.8) is 0 Å². The summed E-state index contributed by atoms with van der Waals surface area (Å²) in [7, 11) is 0. The van der Waals surface area contributed by atoms with Crippen LogP contribution in [0.1, 0.15) is 19.8 Å². The molecule has 1 amide bonds. The highest BCUT2D eigenvalue weighted by Crippen LogP contribution is 2.33. The Morgan fingerprint density at radius 2 is 2.00 bits per heavy atom. The summed E-state index contributed by atoms with van der Waals surface area (Å²) in [6.45, 7) is 1.59. The number of carbonyl (C=O) groups excluding carboxylic acids is 2. The number of rotatable bonds is 6. The zero-order valence-corrected chi connectivity index (χ0v) is 14.8. The average molecular weight is 364 g/mol. The number of thioether (sulfide) groups is 1. The van der Waals surface area contributed by atoms with Gasteiger partial charge in [-0.05, 0) is 37.3 Å². The molecule has 1 aliphatic rings. The number of amides is 1. The Morgan fingerprint density at radius 3 is 2.71 bits per heavy atom. The fraction of sp³-hybridized carbons (Fsp3) is 0.333. The van der Waals surface area contributed by atoms with Crippen molar-refractivity contribution in [1.29, 1.82) is 0 Å². The summed E-state index contributed by atoms with van der Waals surface area (Å²) < 4.78 is 5.20. The molecule has 1 N–H and O–H groups in total. The predicted octanol–water partition coefficient (Wildman–Crippen LogP) is 3.80. The molecule has 0 saturated heterocycles. The van der Waals surface area contributed by atoms with E-state index in [1.807, 2.05) is 36.4 Å². The van der Waals surface area contributed by atoms with Crippen molar-refractivity contribution >= 4 is 46.0 Å². The molecule has 0 radical (unpaired) electrons. The lowest BCUT2D eigenvalue weighted by Crippen LogP contribution is -2.37. The van der Waals surface area contributed by atoms with Gasteiger partial charge in [0.1, 0.15) is 0 Å². The van der Waals surface area contributed by atoms with Crippen LogP contribution in [0.3, 0.4) is 0 Å². The van der Waals surface area contributed by atoms with Crippen LogP contribution in [0.4, 0.5) is 0 Å². The first kappa shape index (κ1) is 17.1. The van der Waals surface area contributed by atoms with E-state index < -0.39 is 12.1 Å². The maximum absolute atomic E-state index is 12.0. The second-order valence-electron chi connectivity index (χ2n) is 5.80. The quantitative estimate of drug-likeness (QED) is 0.626. The minimum Gasteiger partial charge on any atom is -0.452 e. The van der Waals surface area contributed by atoms with Gasteiger partial charge in [-0.2, -0.15) is 0 Å². The predicted molar refractivity (Wildman–Crippen MR) is 96.4 cm³/mol. The lowest BCUT2D eigenvalue weighted by molar-refractivity contribution is -0.152. The Kier molecular flexibility index (Phi) is 5.31. The van der Waals surface area contributed by atoms with Gasteiger partial charge in [-0.15, -0.1) is 11.8 Å². The van der Waals surface area contributed by atoms with Gasteiger partial charge in [0.2, 0.25) is 0 Å². The Hall–Kier alpha value is -1.72. The summed E-state index contributed by atoms with van der Waals surface area (Å²) in [5.41, 5.74) is 0. The Morgan fingerprint density at radius 1 is 1.29 bits per heavy atom. The third-order valence-electron chi connectivity index (χ3n) is 3.76.